The average molecular weight is 388 g/mol. The van der Waals surface area contributed by atoms with Crippen molar-refractivity contribution in [3.63, 3.8) is 0 Å². The number of rotatable bonds is 6. The lowest BCUT2D eigenvalue weighted by molar-refractivity contribution is -0.121. The number of nitrogens with one attached hydrogen (secondary N) is 2. The van der Waals surface area contributed by atoms with Gasteiger partial charge in [-0.15, -0.1) is 0 Å². The van der Waals surface area contributed by atoms with Crippen molar-refractivity contribution in [3.05, 3.63) is 59.1 Å². The molecule has 0 spiro atoms. The number of nitrogens with zero attached hydrogens (tertiary/aromatic N) is 1. The summed E-state index contributed by atoms with van der Waals surface area (Å²) in [6.45, 7) is 2.33. The monoisotopic (exact) mass is 387 g/mol. The first kappa shape index (κ1) is 18.9. The predicted octanol–water partition coefficient (Wildman–Crippen LogP) is 2.31. The molecule has 1 unspecified atom stereocenters. The molecule has 8 heteroatoms. The van der Waals surface area contributed by atoms with Gasteiger partial charge in [-0.1, -0.05) is 17.7 Å². The van der Waals surface area contributed by atoms with Crippen molar-refractivity contribution >= 4 is 35.0 Å². The molecule has 0 saturated carbocycles. The fourth-order valence-corrected chi connectivity index (χ4v) is 2.85. The molecule has 1 heterocycles. The highest BCUT2D eigenvalue weighted by molar-refractivity contribution is 6.30. The van der Waals surface area contributed by atoms with Crippen molar-refractivity contribution in [1.29, 1.82) is 0 Å². The van der Waals surface area contributed by atoms with Crippen molar-refractivity contribution in [3.8, 4) is 5.75 Å². The highest BCUT2D eigenvalue weighted by atomic mass is 35.5. The molecule has 0 aromatic heterocycles. The van der Waals surface area contributed by atoms with Crippen molar-refractivity contribution in [2.24, 2.45) is 0 Å². The van der Waals surface area contributed by atoms with Gasteiger partial charge in [-0.05, 0) is 43.3 Å². The zero-order valence-electron chi connectivity index (χ0n) is 14.6. The predicted molar refractivity (Wildman–Crippen MR) is 101 cm³/mol. The third kappa shape index (κ3) is 4.27. The number of carbonyl (C=O) groups excluding carboxylic acids is 3. The number of amides is 3. The van der Waals surface area contributed by atoms with E-state index >= 15 is 0 Å². The standard InChI is InChI=1S/C19H18ClN3O4/c1-2-27-15-5-3-4-14(10-15)23-17(24)11-16(19(23)26)21-22-18(25)12-6-8-13(20)9-7-12/h3-10,16,21H,2,11H2,1H3,(H,22,25). The number of imide groups is 1. The first-order valence-corrected chi connectivity index (χ1v) is 8.78. The second-order valence-corrected chi connectivity index (χ2v) is 6.30. The van der Waals surface area contributed by atoms with Gasteiger partial charge in [0.25, 0.3) is 11.8 Å². The number of halogens is 1. The summed E-state index contributed by atoms with van der Waals surface area (Å²) >= 11 is 5.79. The molecule has 2 N–H and O–H groups in total. The molecule has 1 saturated heterocycles. The Morgan fingerprint density at radius 3 is 2.67 bits per heavy atom. The minimum absolute atomic E-state index is 0.0570. The van der Waals surface area contributed by atoms with E-state index in [9.17, 15) is 14.4 Å². The molecule has 2 aromatic carbocycles. The van der Waals surface area contributed by atoms with Gasteiger partial charge in [-0.2, -0.15) is 0 Å². The summed E-state index contributed by atoms with van der Waals surface area (Å²) in [6.07, 6.45) is -0.0570. The van der Waals surface area contributed by atoms with Gasteiger partial charge in [0.1, 0.15) is 11.8 Å². The quantitative estimate of drug-likeness (QED) is 0.586. The molecule has 7 nitrogen and oxygen atoms in total. The van der Waals surface area contributed by atoms with Crippen LogP contribution in [-0.2, 0) is 9.59 Å². The van der Waals surface area contributed by atoms with Gasteiger partial charge in [0.05, 0.1) is 18.7 Å². The van der Waals surface area contributed by atoms with Crippen LogP contribution in [-0.4, -0.2) is 30.4 Å². The Morgan fingerprint density at radius 1 is 1.22 bits per heavy atom. The van der Waals surface area contributed by atoms with Crippen LogP contribution in [0.5, 0.6) is 5.75 Å². The van der Waals surface area contributed by atoms with Crippen LogP contribution in [0.15, 0.2) is 48.5 Å². The van der Waals surface area contributed by atoms with E-state index in [1.807, 2.05) is 6.92 Å². The maximum absolute atomic E-state index is 12.6. The maximum Gasteiger partial charge on any atom is 0.265 e. The van der Waals surface area contributed by atoms with Crippen molar-refractivity contribution in [1.82, 2.24) is 10.9 Å². The van der Waals surface area contributed by atoms with Crippen LogP contribution < -0.4 is 20.5 Å². The van der Waals surface area contributed by atoms with Crippen LogP contribution in [0.2, 0.25) is 5.02 Å². The second-order valence-electron chi connectivity index (χ2n) is 5.86. The molecular weight excluding hydrogens is 370 g/mol. The normalized spacial score (nSPS) is 16.5. The number of ether oxygens (including phenoxy) is 1. The van der Waals surface area contributed by atoms with Crippen LogP contribution >= 0.6 is 11.6 Å². The number of hydrogen-bond acceptors (Lipinski definition) is 5. The molecule has 27 heavy (non-hydrogen) atoms. The zero-order valence-corrected chi connectivity index (χ0v) is 15.3. The van der Waals surface area contributed by atoms with Gasteiger partial charge < -0.3 is 4.74 Å². The maximum atomic E-state index is 12.6. The molecule has 1 atom stereocenters. The minimum atomic E-state index is -0.843. The van der Waals surface area contributed by atoms with Gasteiger partial charge in [0.15, 0.2) is 0 Å². The Hall–Kier alpha value is -2.90. The minimum Gasteiger partial charge on any atom is -0.494 e. The highest BCUT2D eigenvalue weighted by Gasteiger charge is 2.39. The van der Waals surface area contributed by atoms with E-state index in [-0.39, 0.29) is 12.3 Å². The highest BCUT2D eigenvalue weighted by Crippen LogP contribution is 2.26. The van der Waals surface area contributed by atoms with E-state index in [0.717, 1.165) is 4.90 Å². The Bertz CT molecular complexity index is 870. The SMILES string of the molecule is CCOc1cccc(N2C(=O)CC(NNC(=O)c3ccc(Cl)cc3)C2=O)c1. The van der Waals surface area contributed by atoms with Crippen LogP contribution in [0, 0.1) is 0 Å². The fourth-order valence-electron chi connectivity index (χ4n) is 2.72. The zero-order chi connectivity index (χ0) is 19.4. The van der Waals surface area contributed by atoms with E-state index in [1.54, 1.807) is 48.5 Å². The second kappa shape index (κ2) is 8.20. The molecule has 3 amide bonds. The lowest BCUT2D eigenvalue weighted by Crippen LogP contribution is -2.48. The lowest BCUT2D eigenvalue weighted by Gasteiger charge is -2.17. The van der Waals surface area contributed by atoms with Crippen molar-refractivity contribution < 1.29 is 19.1 Å². The van der Waals surface area contributed by atoms with Gasteiger partial charge in [0.2, 0.25) is 5.91 Å². The number of hydrogen-bond donors (Lipinski definition) is 2. The molecular formula is C19H18ClN3O4. The summed E-state index contributed by atoms with van der Waals surface area (Å²) in [5.74, 6) is -0.649. The van der Waals surface area contributed by atoms with E-state index in [2.05, 4.69) is 10.9 Å². The van der Waals surface area contributed by atoms with Crippen LogP contribution in [0.4, 0.5) is 5.69 Å². The molecule has 2 aromatic rings. The molecule has 0 bridgehead atoms. The van der Waals surface area contributed by atoms with Crippen LogP contribution in [0.25, 0.3) is 0 Å². The molecule has 1 fully saturated rings. The topological polar surface area (TPSA) is 87.7 Å². The van der Waals surface area contributed by atoms with E-state index in [4.69, 9.17) is 16.3 Å². The number of hydrazine groups is 1. The molecule has 0 radical (unpaired) electrons. The molecule has 1 aliphatic rings. The van der Waals surface area contributed by atoms with Gasteiger partial charge >= 0.3 is 0 Å². The van der Waals surface area contributed by atoms with E-state index < -0.39 is 17.9 Å². The number of carbonyl (C=O) groups is 3. The average Bonchev–Trinajstić information content (AvgIpc) is 2.94. The van der Waals surface area contributed by atoms with Gasteiger partial charge in [0, 0.05) is 16.7 Å². The summed E-state index contributed by atoms with van der Waals surface area (Å²) in [5.41, 5.74) is 5.91. The Morgan fingerprint density at radius 2 is 1.96 bits per heavy atom. The first-order chi connectivity index (χ1) is 13.0. The van der Waals surface area contributed by atoms with Crippen LogP contribution in [0.3, 0.4) is 0 Å². The summed E-state index contributed by atoms with van der Waals surface area (Å²) in [6, 6.07) is 12.2. The van der Waals surface area contributed by atoms with Gasteiger partial charge in [-0.25, -0.2) is 10.3 Å². The van der Waals surface area contributed by atoms with Crippen molar-refractivity contribution in [2.75, 3.05) is 11.5 Å². The summed E-state index contributed by atoms with van der Waals surface area (Å²) < 4.78 is 5.41. The summed E-state index contributed by atoms with van der Waals surface area (Å²) in [5, 5.41) is 0.515. The third-order valence-corrected chi connectivity index (χ3v) is 4.25. The molecule has 0 aliphatic carbocycles. The van der Waals surface area contributed by atoms with Crippen LogP contribution in [0.1, 0.15) is 23.7 Å². The Labute approximate surface area is 161 Å². The van der Waals surface area contributed by atoms with Gasteiger partial charge in [-0.3, -0.25) is 19.8 Å². The fraction of sp³-hybridized carbons (Fsp3) is 0.211. The number of anilines is 1. The Kier molecular flexibility index (Phi) is 5.73. The lowest BCUT2D eigenvalue weighted by atomic mass is 10.2. The molecule has 1 aliphatic heterocycles. The van der Waals surface area contributed by atoms with Crippen molar-refractivity contribution in [2.45, 2.75) is 19.4 Å². The molecule has 3 rings (SSSR count). The Balaban J connectivity index is 1.66. The summed E-state index contributed by atoms with van der Waals surface area (Å²) in [7, 11) is 0. The third-order valence-electron chi connectivity index (χ3n) is 4.00. The first-order valence-electron chi connectivity index (χ1n) is 8.40. The van der Waals surface area contributed by atoms with E-state index in [1.165, 1.54) is 0 Å². The molecule has 140 valence electrons. The smallest absolute Gasteiger partial charge is 0.265 e. The summed E-state index contributed by atoms with van der Waals surface area (Å²) in [4.78, 5) is 38.1. The van der Waals surface area contributed by atoms with E-state index in [0.29, 0.717) is 28.6 Å². The largest absolute Gasteiger partial charge is 0.494 e. The number of benzene rings is 2.